The first kappa shape index (κ1) is 19.7. The molecule has 0 unspecified atom stereocenters. The highest BCUT2D eigenvalue weighted by molar-refractivity contribution is 5.92. The Kier molecular flexibility index (Phi) is 5.72. The van der Waals surface area contributed by atoms with Crippen molar-refractivity contribution in [2.24, 2.45) is 5.92 Å². The van der Waals surface area contributed by atoms with E-state index in [2.05, 4.69) is 64.7 Å². The third-order valence-electron chi connectivity index (χ3n) is 6.05. The zero-order valence-electron chi connectivity index (χ0n) is 17.7. The van der Waals surface area contributed by atoms with Crippen LogP contribution in [0.1, 0.15) is 49.3 Å². The quantitative estimate of drug-likeness (QED) is 0.609. The van der Waals surface area contributed by atoms with Gasteiger partial charge in [0.05, 0.1) is 0 Å². The van der Waals surface area contributed by atoms with Crippen molar-refractivity contribution in [1.82, 2.24) is 9.88 Å². The SMILES string of the molecule is Cc1ccc2[nH]cc(CN3CCC(c4cccc(NC(=O)C(C)C)c4)CC3)c2c1. The van der Waals surface area contributed by atoms with Gasteiger partial charge in [-0.15, -0.1) is 0 Å². The van der Waals surface area contributed by atoms with Crippen LogP contribution in [0.3, 0.4) is 0 Å². The number of aryl methyl sites for hydroxylation is 1. The summed E-state index contributed by atoms with van der Waals surface area (Å²) in [5.74, 6) is 0.633. The van der Waals surface area contributed by atoms with Gasteiger partial charge in [0.2, 0.25) is 5.91 Å². The molecule has 0 spiro atoms. The number of hydrogen-bond acceptors (Lipinski definition) is 2. The van der Waals surface area contributed by atoms with E-state index < -0.39 is 0 Å². The van der Waals surface area contributed by atoms with Crippen molar-refractivity contribution < 1.29 is 4.79 Å². The van der Waals surface area contributed by atoms with E-state index in [1.165, 1.54) is 27.6 Å². The van der Waals surface area contributed by atoms with Crippen LogP contribution in [-0.2, 0) is 11.3 Å². The highest BCUT2D eigenvalue weighted by Gasteiger charge is 2.22. The van der Waals surface area contributed by atoms with Gasteiger partial charge in [-0.3, -0.25) is 9.69 Å². The molecular weight excluding hydrogens is 358 g/mol. The summed E-state index contributed by atoms with van der Waals surface area (Å²) in [6.45, 7) is 9.20. The molecule has 1 aromatic heterocycles. The van der Waals surface area contributed by atoms with E-state index in [0.29, 0.717) is 5.92 Å². The van der Waals surface area contributed by atoms with Gasteiger partial charge in [0.15, 0.2) is 0 Å². The van der Waals surface area contributed by atoms with E-state index in [1.807, 2.05) is 19.9 Å². The minimum absolute atomic E-state index is 0.00445. The first-order valence-electron chi connectivity index (χ1n) is 10.7. The van der Waals surface area contributed by atoms with Crippen LogP contribution in [0, 0.1) is 12.8 Å². The number of anilines is 1. The molecule has 0 saturated carbocycles. The predicted molar refractivity (Wildman–Crippen MR) is 120 cm³/mol. The smallest absolute Gasteiger partial charge is 0.226 e. The van der Waals surface area contributed by atoms with Crippen LogP contribution in [0.15, 0.2) is 48.7 Å². The number of carbonyl (C=O) groups excluding carboxylic acids is 1. The summed E-state index contributed by atoms with van der Waals surface area (Å²) >= 11 is 0. The molecule has 1 saturated heterocycles. The summed E-state index contributed by atoms with van der Waals surface area (Å²) in [5, 5.41) is 4.38. The van der Waals surface area contributed by atoms with Gasteiger partial charge in [-0.05, 0) is 74.2 Å². The van der Waals surface area contributed by atoms with E-state index in [4.69, 9.17) is 0 Å². The molecule has 4 nitrogen and oxygen atoms in total. The van der Waals surface area contributed by atoms with Crippen molar-refractivity contribution in [2.45, 2.75) is 46.1 Å². The van der Waals surface area contributed by atoms with E-state index in [9.17, 15) is 4.79 Å². The minimum Gasteiger partial charge on any atom is -0.361 e. The number of piperidine rings is 1. The average molecular weight is 390 g/mol. The molecule has 152 valence electrons. The number of H-pyrrole nitrogens is 1. The van der Waals surface area contributed by atoms with Gasteiger partial charge in [-0.25, -0.2) is 0 Å². The van der Waals surface area contributed by atoms with Gasteiger partial charge in [0.1, 0.15) is 0 Å². The summed E-state index contributed by atoms with van der Waals surface area (Å²) in [6.07, 6.45) is 4.48. The number of benzene rings is 2. The van der Waals surface area contributed by atoms with Gasteiger partial charge >= 0.3 is 0 Å². The Morgan fingerprint density at radius 3 is 2.72 bits per heavy atom. The Hall–Kier alpha value is -2.59. The van der Waals surface area contributed by atoms with E-state index in [0.717, 1.165) is 38.2 Å². The van der Waals surface area contributed by atoms with Crippen LogP contribution < -0.4 is 5.32 Å². The van der Waals surface area contributed by atoms with Crippen molar-refractivity contribution in [3.8, 4) is 0 Å². The zero-order valence-corrected chi connectivity index (χ0v) is 17.7. The summed E-state index contributed by atoms with van der Waals surface area (Å²) in [7, 11) is 0. The number of fused-ring (bicyclic) bond motifs is 1. The topological polar surface area (TPSA) is 48.1 Å². The van der Waals surface area contributed by atoms with Crippen molar-refractivity contribution in [2.75, 3.05) is 18.4 Å². The van der Waals surface area contributed by atoms with Gasteiger partial charge in [-0.1, -0.05) is 37.6 Å². The summed E-state index contributed by atoms with van der Waals surface area (Å²) < 4.78 is 0. The fourth-order valence-corrected chi connectivity index (χ4v) is 4.25. The second-order valence-corrected chi connectivity index (χ2v) is 8.68. The van der Waals surface area contributed by atoms with Crippen molar-refractivity contribution in [3.05, 3.63) is 65.4 Å². The molecule has 0 bridgehead atoms. The Labute approximate surface area is 173 Å². The number of carbonyl (C=O) groups is 1. The lowest BCUT2D eigenvalue weighted by Gasteiger charge is -2.32. The molecule has 4 rings (SSSR count). The lowest BCUT2D eigenvalue weighted by Crippen LogP contribution is -2.32. The first-order valence-corrected chi connectivity index (χ1v) is 10.7. The molecule has 1 aliphatic heterocycles. The van der Waals surface area contributed by atoms with E-state index in [1.54, 1.807) is 0 Å². The average Bonchev–Trinajstić information content (AvgIpc) is 3.10. The fourth-order valence-electron chi connectivity index (χ4n) is 4.25. The molecule has 4 heteroatoms. The number of amides is 1. The fraction of sp³-hybridized carbons (Fsp3) is 0.400. The first-order chi connectivity index (χ1) is 14.0. The van der Waals surface area contributed by atoms with Crippen LogP contribution in [-0.4, -0.2) is 28.9 Å². The maximum absolute atomic E-state index is 12.0. The number of rotatable bonds is 5. The second-order valence-electron chi connectivity index (χ2n) is 8.68. The van der Waals surface area contributed by atoms with Gasteiger partial charge in [0, 0.05) is 35.2 Å². The Balaban J connectivity index is 1.38. The monoisotopic (exact) mass is 389 g/mol. The predicted octanol–water partition coefficient (Wildman–Crippen LogP) is 5.45. The molecule has 0 aliphatic carbocycles. The van der Waals surface area contributed by atoms with Gasteiger partial charge in [-0.2, -0.15) is 0 Å². The normalized spacial score (nSPS) is 15.9. The van der Waals surface area contributed by atoms with Crippen molar-refractivity contribution in [3.63, 3.8) is 0 Å². The molecule has 3 aromatic rings. The van der Waals surface area contributed by atoms with Crippen LogP contribution >= 0.6 is 0 Å². The lowest BCUT2D eigenvalue weighted by molar-refractivity contribution is -0.118. The standard InChI is InChI=1S/C25H31N3O/c1-17(2)25(29)27-22-6-4-5-20(14-22)19-9-11-28(12-10-19)16-21-15-26-24-8-7-18(3)13-23(21)24/h4-8,13-15,17,19,26H,9-12,16H2,1-3H3,(H,27,29). The largest absolute Gasteiger partial charge is 0.361 e. The maximum atomic E-state index is 12.0. The second kappa shape index (κ2) is 8.42. The number of aromatic amines is 1. The van der Waals surface area contributed by atoms with E-state index in [-0.39, 0.29) is 11.8 Å². The van der Waals surface area contributed by atoms with Crippen LogP contribution in [0.5, 0.6) is 0 Å². The number of hydrogen-bond donors (Lipinski definition) is 2. The molecular formula is C25H31N3O. The maximum Gasteiger partial charge on any atom is 0.226 e. The van der Waals surface area contributed by atoms with Crippen LogP contribution in [0.4, 0.5) is 5.69 Å². The van der Waals surface area contributed by atoms with Crippen LogP contribution in [0.2, 0.25) is 0 Å². The minimum atomic E-state index is -0.00445. The van der Waals surface area contributed by atoms with E-state index >= 15 is 0 Å². The molecule has 29 heavy (non-hydrogen) atoms. The molecule has 0 atom stereocenters. The lowest BCUT2D eigenvalue weighted by atomic mass is 9.89. The summed E-state index contributed by atoms with van der Waals surface area (Å²) in [4.78, 5) is 18.0. The Bertz CT molecular complexity index is 996. The summed E-state index contributed by atoms with van der Waals surface area (Å²) in [6, 6.07) is 15.0. The Morgan fingerprint density at radius 1 is 1.17 bits per heavy atom. The van der Waals surface area contributed by atoms with Gasteiger partial charge in [0.25, 0.3) is 0 Å². The third kappa shape index (κ3) is 4.54. The van der Waals surface area contributed by atoms with Crippen molar-refractivity contribution >= 4 is 22.5 Å². The highest BCUT2D eigenvalue weighted by Crippen LogP contribution is 2.31. The molecule has 2 heterocycles. The zero-order chi connectivity index (χ0) is 20.4. The molecule has 1 aliphatic rings. The number of aromatic nitrogens is 1. The van der Waals surface area contributed by atoms with Crippen LogP contribution in [0.25, 0.3) is 10.9 Å². The van der Waals surface area contributed by atoms with Gasteiger partial charge < -0.3 is 10.3 Å². The number of likely N-dealkylation sites (tertiary alicyclic amines) is 1. The summed E-state index contributed by atoms with van der Waals surface area (Å²) in [5.41, 5.74) is 6.18. The molecule has 1 fully saturated rings. The molecule has 0 radical (unpaired) electrons. The molecule has 2 N–H and O–H groups in total. The molecule has 1 amide bonds. The Morgan fingerprint density at radius 2 is 1.97 bits per heavy atom. The third-order valence-corrected chi connectivity index (χ3v) is 6.05. The highest BCUT2D eigenvalue weighted by atomic mass is 16.1. The van der Waals surface area contributed by atoms with Crippen molar-refractivity contribution in [1.29, 1.82) is 0 Å². The molecule has 2 aromatic carbocycles. The number of nitrogens with one attached hydrogen (secondary N) is 2. The number of nitrogens with zero attached hydrogens (tertiary/aromatic N) is 1.